The summed E-state index contributed by atoms with van der Waals surface area (Å²) in [5.74, 6) is 0. The van der Waals surface area contributed by atoms with Crippen LogP contribution >= 0.6 is 23.4 Å². The van der Waals surface area contributed by atoms with Gasteiger partial charge in [0.2, 0.25) is 0 Å². The maximum atomic E-state index is 5.68. The van der Waals surface area contributed by atoms with Crippen LogP contribution in [0.15, 0.2) is 17.6 Å². The second kappa shape index (κ2) is 4.26. The molecule has 1 atom stereocenters. The number of thioether (sulfide) groups is 1. The van der Waals surface area contributed by atoms with Crippen LogP contribution in [0.2, 0.25) is 5.02 Å². The van der Waals surface area contributed by atoms with Gasteiger partial charge in [-0.05, 0) is 13.0 Å². The third-order valence-electron chi connectivity index (χ3n) is 1.88. The fraction of sp³-hybridized carbons (Fsp3) is 0.500. The average molecular weight is 216 g/mol. The highest BCUT2D eigenvalue weighted by Crippen LogP contribution is 2.23. The highest BCUT2D eigenvalue weighted by Gasteiger charge is 2.16. The molecule has 0 aliphatic carbocycles. The molecule has 5 heteroatoms. The second-order valence-electron chi connectivity index (χ2n) is 2.92. The lowest BCUT2D eigenvalue weighted by atomic mass is 10.4. The molecule has 0 spiro atoms. The Morgan fingerprint density at radius 1 is 1.46 bits per heavy atom. The van der Waals surface area contributed by atoms with E-state index in [9.17, 15) is 0 Å². The first-order chi connectivity index (χ1) is 6.34. The molecule has 13 heavy (non-hydrogen) atoms. The van der Waals surface area contributed by atoms with E-state index in [2.05, 4.69) is 15.3 Å². The minimum atomic E-state index is 0.592. The van der Waals surface area contributed by atoms with Crippen molar-refractivity contribution in [2.75, 3.05) is 13.1 Å². The van der Waals surface area contributed by atoms with Gasteiger partial charge in [0.05, 0.1) is 17.4 Å². The molecule has 2 heterocycles. The van der Waals surface area contributed by atoms with Crippen molar-refractivity contribution in [3.8, 4) is 0 Å². The van der Waals surface area contributed by atoms with Gasteiger partial charge in [-0.1, -0.05) is 23.4 Å². The summed E-state index contributed by atoms with van der Waals surface area (Å²) in [6.45, 7) is 2.15. The molecule has 1 aliphatic rings. The van der Waals surface area contributed by atoms with Crippen molar-refractivity contribution in [1.82, 2.24) is 15.3 Å². The highest BCUT2D eigenvalue weighted by molar-refractivity contribution is 7.99. The maximum Gasteiger partial charge on any atom is 0.187 e. The zero-order valence-electron chi connectivity index (χ0n) is 7.03. The van der Waals surface area contributed by atoms with Crippen LogP contribution in [0.25, 0.3) is 0 Å². The number of nitrogens with zero attached hydrogens (tertiary/aromatic N) is 2. The summed E-state index contributed by atoms with van der Waals surface area (Å²) >= 11 is 7.40. The minimum Gasteiger partial charge on any atom is -0.316 e. The van der Waals surface area contributed by atoms with Crippen LogP contribution < -0.4 is 5.32 Å². The van der Waals surface area contributed by atoms with Crippen molar-refractivity contribution in [2.24, 2.45) is 0 Å². The molecule has 0 saturated carbocycles. The van der Waals surface area contributed by atoms with Gasteiger partial charge in [0.25, 0.3) is 0 Å². The molecular weight excluding hydrogens is 206 g/mol. The Balaban J connectivity index is 1.97. The third-order valence-corrected chi connectivity index (χ3v) is 3.24. The van der Waals surface area contributed by atoms with Crippen molar-refractivity contribution >= 4 is 23.4 Å². The first kappa shape index (κ1) is 9.24. The molecule has 1 aromatic heterocycles. The Kier molecular flexibility index (Phi) is 3.03. The van der Waals surface area contributed by atoms with Crippen LogP contribution in [0.4, 0.5) is 0 Å². The lowest BCUT2D eigenvalue weighted by Crippen LogP contribution is -2.10. The topological polar surface area (TPSA) is 37.8 Å². The van der Waals surface area contributed by atoms with Crippen LogP contribution in [0, 0.1) is 0 Å². The van der Waals surface area contributed by atoms with Crippen LogP contribution in [-0.2, 0) is 0 Å². The Hall–Kier alpha value is -0.320. The van der Waals surface area contributed by atoms with Gasteiger partial charge in [0.1, 0.15) is 0 Å². The van der Waals surface area contributed by atoms with Gasteiger partial charge < -0.3 is 5.32 Å². The van der Waals surface area contributed by atoms with E-state index in [0.29, 0.717) is 10.3 Å². The lowest BCUT2D eigenvalue weighted by molar-refractivity contribution is 0.857. The maximum absolute atomic E-state index is 5.68. The molecule has 0 aromatic carbocycles. The third kappa shape index (κ3) is 2.56. The molecule has 0 bridgehead atoms. The molecule has 3 nitrogen and oxygen atoms in total. The van der Waals surface area contributed by atoms with Crippen molar-refractivity contribution in [3.05, 3.63) is 17.4 Å². The number of nitrogens with one attached hydrogen (secondary N) is 1. The number of rotatable bonds is 2. The first-order valence-electron chi connectivity index (χ1n) is 4.19. The molecule has 1 N–H and O–H groups in total. The van der Waals surface area contributed by atoms with Gasteiger partial charge in [-0.25, -0.2) is 9.97 Å². The summed E-state index contributed by atoms with van der Waals surface area (Å²) in [4.78, 5) is 8.27. The van der Waals surface area contributed by atoms with Gasteiger partial charge >= 0.3 is 0 Å². The zero-order valence-corrected chi connectivity index (χ0v) is 8.61. The van der Waals surface area contributed by atoms with Gasteiger partial charge in [-0.15, -0.1) is 0 Å². The quantitative estimate of drug-likeness (QED) is 0.761. The van der Waals surface area contributed by atoms with Crippen LogP contribution in [0.3, 0.4) is 0 Å². The average Bonchev–Trinajstić information content (AvgIpc) is 2.62. The lowest BCUT2D eigenvalue weighted by Gasteiger charge is -2.04. The van der Waals surface area contributed by atoms with Gasteiger partial charge in [-0.3, -0.25) is 0 Å². The molecule has 1 aromatic rings. The summed E-state index contributed by atoms with van der Waals surface area (Å²) in [6.07, 6.45) is 4.47. The first-order valence-corrected chi connectivity index (χ1v) is 5.45. The summed E-state index contributed by atoms with van der Waals surface area (Å²) < 4.78 is 0. The van der Waals surface area contributed by atoms with E-state index in [1.807, 2.05) is 0 Å². The summed E-state index contributed by atoms with van der Waals surface area (Å²) in [7, 11) is 0. The smallest absolute Gasteiger partial charge is 0.187 e. The summed E-state index contributed by atoms with van der Waals surface area (Å²) in [5, 5.41) is 5.32. The Morgan fingerprint density at radius 3 is 2.85 bits per heavy atom. The monoisotopic (exact) mass is 215 g/mol. The van der Waals surface area contributed by atoms with Gasteiger partial charge in [0, 0.05) is 11.8 Å². The number of aromatic nitrogens is 2. The fourth-order valence-corrected chi connectivity index (χ4v) is 2.30. The van der Waals surface area contributed by atoms with Gasteiger partial charge in [0.15, 0.2) is 5.16 Å². The van der Waals surface area contributed by atoms with Crippen molar-refractivity contribution < 1.29 is 0 Å². The van der Waals surface area contributed by atoms with Crippen LogP contribution in [0.5, 0.6) is 0 Å². The Labute approximate surface area is 86.3 Å². The van der Waals surface area contributed by atoms with E-state index >= 15 is 0 Å². The number of hydrogen-bond donors (Lipinski definition) is 1. The fourth-order valence-electron chi connectivity index (χ4n) is 1.24. The second-order valence-corrected chi connectivity index (χ2v) is 4.62. The van der Waals surface area contributed by atoms with E-state index in [1.165, 1.54) is 6.42 Å². The molecule has 0 amide bonds. The number of halogens is 1. The Bertz CT molecular complexity index is 271. The summed E-state index contributed by atoms with van der Waals surface area (Å²) in [6, 6.07) is 0. The molecule has 0 radical (unpaired) electrons. The molecule has 1 aliphatic heterocycles. The highest BCUT2D eigenvalue weighted by atomic mass is 35.5. The Morgan fingerprint density at radius 2 is 2.23 bits per heavy atom. The SMILES string of the molecule is Clc1cnc(S[C@H]2CCNC2)nc1. The predicted octanol–water partition coefficient (Wildman–Crippen LogP) is 1.58. The van der Waals surface area contributed by atoms with E-state index < -0.39 is 0 Å². The van der Waals surface area contributed by atoms with E-state index in [4.69, 9.17) is 11.6 Å². The van der Waals surface area contributed by atoms with E-state index in [-0.39, 0.29) is 0 Å². The van der Waals surface area contributed by atoms with Gasteiger partial charge in [-0.2, -0.15) is 0 Å². The standard InChI is InChI=1S/C8H10ClN3S/c9-6-3-11-8(12-4-6)13-7-1-2-10-5-7/h3-4,7,10H,1-2,5H2/t7-/m0/s1. The molecular formula is C8H10ClN3S. The minimum absolute atomic E-state index is 0.592. The molecule has 1 fully saturated rings. The summed E-state index contributed by atoms with van der Waals surface area (Å²) in [5.41, 5.74) is 0. The molecule has 0 unspecified atom stereocenters. The largest absolute Gasteiger partial charge is 0.316 e. The number of hydrogen-bond acceptors (Lipinski definition) is 4. The van der Waals surface area contributed by atoms with E-state index in [1.54, 1.807) is 24.2 Å². The molecule has 1 saturated heterocycles. The van der Waals surface area contributed by atoms with E-state index in [0.717, 1.165) is 18.2 Å². The predicted molar refractivity (Wildman–Crippen MR) is 54.2 cm³/mol. The van der Waals surface area contributed by atoms with Crippen LogP contribution in [-0.4, -0.2) is 28.3 Å². The normalized spacial score (nSPS) is 22.1. The van der Waals surface area contributed by atoms with Crippen LogP contribution in [0.1, 0.15) is 6.42 Å². The van der Waals surface area contributed by atoms with Crippen molar-refractivity contribution in [2.45, 2.75) is 16.8 Å². The zero-order chi connectivity index (χ0) is 9.10. The van der Waals surface area contributed by atoms with Crippen molar-refractivity contribution in [3.63, 3.8) is 0 Å². The van der Waals surface area contributed by atoms with Crippen molar-refractivity contribution in [1.29, 1.82) is 0 Å². The molecule has 2 rings (SSSR count). The molecule has 70 valence electrons.